The van der Waals surface area contributed by atoms with Gasteiger partial charge < -0.3 is 9.64 Å². The van der Waals surface area contributed by atoms with Crippen molar-refractivity contribution < 1.29 is 22.3 Å². The first-order valence-electron chi connectivity index (χ1n) is 11.6. The second-order valence-corrected chi connectivity index (χ2v) is 10.5. The monoisotopic (exact) mass is 518 g/mol. The highest BCUT2D eigenvalue weighted by molar-refractivity contribution is 7.19. The number of aryl methyl sites for hydroxylation is 1. The summed E-state index contributed by atoms with van der Waals surface area (Å²) in [5, 5.41) is 5.16. The quantitative estimate of drug-likeness (QED) is 0.322. The van der Waals surface area contributed by atoms with Crippen molar-refractivity contribution in [2.75, 3.05) is 18.0 Å². The maximum absolute atomic E-state index is 15.0. The molecule has 3 aromatic heterocycles. The molecular formula is C24H22F4N6OS. The molecule has 1 aliphatic heterocycles. The van der Waals surface area contributed by atoms with Crippen molar-refractivity contribution in [3.63, 3.8) is 0 Å². The van der Waals surface area contributed by atoms with Gasteiger partial charge in [0.15, 0.2) is 5.65 Å². The Hall–Kier alpha value is -3.12. The highest BCUT2D eigenvalue weighted by Gasteiger charge is 2.33. The smallest absolute Gasteiger partial charge is 0.367 e. The van der Waals surface area contributed by atoms with Gasteiger partial charge in [-0.25, -0.2) is 14.4 Å². The molecule has 2 atom stereocenters. The number of halogens is 4. The highest BCUT2D eigenvalue weighted by Crippen LogP contribution is 2.38. The van der Waals surface area contributed by atoms with Gasteiger partial charge >= 0.3 is 6.18 Å². The van der Waals surface area contributed by atoms with E-state index in [1.807, 2.05) is 28.9 Å². The minimum absolute atomic E-state index is 0.0242. The number of hydrogen-bond donors (Lipinski definition) is 0. The standard InChI is InChI=1S/C24H22F4N6OS/c1-12-9-33(11-19(35-12)14-8-29-34(10-14)16-4-5-16)23-31-20(21-22(32-23)30-13(2)36-21)17-6-3-15(7-18(17)25)24(26,27)28/h3,6-8,10,12,16,19H,4-5,9,11H2,1-2H3. The van der Waals surface area contributed by atoms with Crippen LogP contribution < -0.4 is 4.90 Å². The van der Waals surface area contributed by atoms with E-state index in [9.17, 15) is 17.6 Å². The highest BCUT2D eigenvalue weighted by atomic mass is 32.1. The largest absolute Gasteiger partial charge is 0.416 e. The van der Waals surface area contributed by atoms with Crippen molar-refractivity contribution in [2.24, 2.45) is 0 Å². The summed E-state index contributed by atoms with van der Waals surface area (Å²) >= 11 is 1.28. The number of anilines is 1. The van der Waals surface area contributed by atoms with Crippen molar-refractivity contribution in [3.05, 3.63) is 52.5 Å². The van der Waals surface area contributed by atoms with Gasteiger partial charge in [0.05, 0.1) is 41.2 Å². The van der Waals surface area contributed by atoms with E-state index in [1.54, 1.807) is 6.92 Å². The van der Waals surface area contributed by atoms with Crippen LogP contribution in [0.3, 0.4) is 0 Å². The molecule has 12 heteroatoms. The number of morpholine rings is 1. The molecule has 4 aromatic rings. The van der Waals surface area contributed by atoms with Gasteiger partial charge in [-0.1, -0.05) is 0 Å². The zero-order valence-electron chi connectivity index (χ0n) is 19.5. The van der Waals surface area contributed by atoms with Gasteiger partial charge in [0.1, 0.15) is 16.6 Å². The van der Waals surface area contributed by atoms with Crippen LogP contribution in [0.25, 0.3) is 21.6 Å². The first kappa shape index (κ1) is 23.3. The Morgan fingerprint density at radius 2 is 1.92 bits per heavy atom. The molecule has 2 unspecified atom stereocenters. The molecule has 7 nitrogen and oxygen atoms in total. The summed E-state index contributed by atoms with van der Waals surface area (Å²) in [7, 11) is 0. The lowest BCUT2D eigenvalue weighted by Gasteiger charge is -2.36. The maximum atomic E-state index is 15.0. The van der Waals surface area contributed by atoms with Crippen LogP contribution in [0.5, 0.6) is 0 Å². The van der Waals surface area contributed by atoms with Crippen molar-refractivity contribution in [3.8, 4) is 11.3 Å². The third-order valence-corrected chi connectivity index (χ3v) is 7.32. The number of thiazole rings is 1. The number of alkyl halides is 3. The van der Waals surface area contributed by atoms with Crippen LogP contribution in [0.2, 0.25) is 0 Å². The van der Waals surface area contributed by atoms with Crippen LogP contribution in [-0.4, -0.2) is 43.9 Å². The van der Waals surface area contributed by atoms with Gasteiger partial charge in [-0.15, -0.1) is 11.3 Å². The average molecular weight is 519 g/mol. The topological polar surface area (TPSA) is 69.0 Å². The fraction of sp³-hybridized carbons (Fsp3) is 0.417. The maximum Gasteiger partial charge on any atom is 0.416 e. The van der Waals surface area contributed by atoms with Gasteiger partial charge in [0.25, 0.3) is 0 Å². The summed E-state index contributed by atoms with van der Waals surface area (Å²) in [5.41, 5.74) is 0.492. The lowest BCUT2D eigenvalue weighted by Crippen LogP contribution is -2.43. The number of aromatic nitrogens is 5. The molecule has 1 saturated carbocycles. The molecule has 0 spiro atoms. The van der Waals surface area contributed by atoms with E-state index in [0.717, 1.165) is 30.5 Å². The molecule has 2 fully saturated rings. The molecule has 1 aromatic carbocycles. The molecule has 36 heavy (non-hydrogen) atoms. The lowest BCUT2D eigenvalue weighted by molar-refractivity contribution is -0.137. The second-order valence-electron chi connectivity index (χ2n) is 9.28. The Bertz CT molecular complexity index is 1450. The summed E-state index contributed by atoms with van der Waals surface area (Å²) in [6, 6.07) is 2.94. The first-order valence-corrected chi connectivity index (χ1v) is 12.4. The summed E-state index contributed by atoms with van der Waals surface area (Å²) in [5.74, 6) is -0.667. The average Bonchev–Trinajstić information content (AvgIpc) is 3.41. The van der Waals surface area contributed by atoms with E-state index in [4.69, 9.17) is 4.74 Å². The van der Waals surface area contributed by atoms with Gasteiger partial charge in [0, 0.05) is 23.9 Å². The molecule has 1 aliphatic carbocycles. The van der Waals surface area contributed by atoms with Crippen molar-refractivity contribution in [1.82, 2.24) is 24.7 Å². The summed E-state index contributed by atoms with van der Waals surface area (Å²) in [6.07, 6.45) is 1.03. The Balaban J connectivity index is 1.39. The number of rotatable bonds is 4. The van der Waals surface area contributed by atoms with Crippen LogP contribution in [-0.2, 0) is 10.9 Å². The van der Waals surface area contributed by atoms with Crippen molar-refractivity contribution in [2.45, 2.75) is 51.1 Å². The minimum atomic E-state index is -4.64. The van der Waals surface area contributed by atoms with E-state index in [1.165, 1.54) is 11.3 Å². The van der Waals surface area contributed by atoms with Gasteiger partial charge in [0.2, 0.25) is 5.95 Å². The molecule has 0 amide bonds. The van der Waals surface area contributed by atoms with E-state index in [0.29, 0.717) is 46.5 Å². The number of ether oxygens (including phenoxy) is 1. The molecular weight excluding hydrogens is 496 g/mol. The first-order chi connectivity index (χ1) is 17.2. The van der Waals surface area contributed by atoms with Gasteiger partial charge in [-0.2, -0.15) is 23.3 Å². The Labute approximate surface area is 207 Å². The molecule has 0 bridgehead atoms. The summed E-state index contributed by atoms with van der Waals surface area (Å²) in [4.78, 5) is 15.7. The molecule has 0 N–H and O–H groups in total. The number of nitrogens with zero attached hydrogens (tertiary/aromatic N) is 6. The number of fused-ring (bicyclic) bond motifs is 1. The van der Waals surface area contributed by atoms with E-state index in [-0.39, 0.29) is 23.5 Å². The molecule has 4 heterocycles. The van der Waals surface area contributed by atoms with Crippen LogP contribution >= 0.6 is 11.3 Å². The SMILES string of the molecule is Cc1nc2nc(N3CC(C)OC(c4cnn(C5CC5)c4)C3)nc(-c3ccc(C(F)(F)F)cc3F)c2s1. The van der Waals surface area contributed by atoms with E-state index >= 15 is 0 Å². The number of hydrogen-bond acceptors (Lipinski definition) is 7. The number of benzene rings is 1. The summed E-state index contributed by atoms with van der Waals surface area (Å²) in [6.45, 7) is 4.69. The lowest BCUT2D eigenvalue weighted by atomic mass is 10.1. The Morgan fingerprint density at radius 3 is 2.64 bits per heavy atom. The molecule has 2 aliphatic rings. The Morgan fingerprint density at radius 1 is 1.11 bits per heavy atom. The third-order valence-electron chi connectivity index (χ3n) is 6.36. The van der Waals surface area contributed by atoms with Crippen LogP contribution in [0.15, 0.2) is 30.6 Å². The van der Waals surface area contributed by atoms with Gasteiger partial charge in [-0.3, -0.25) is 4.68 Å². The Kier molecular flexibility index (Phi) is 5.48. The van der Waals surface area contributed by atoms with E-state index < -0.39 is 17.6 Å². The molecule has 6 rings (SSSR count). The minimum Gasteiger partial charge on any atom is -0.367 e. The predicted molar refractivity (Wildman–Crippen MR) is 126 cm³/mol. The van der Waals surface area contributed by atoms with Crippen LogP contribution in [0.1, 0.15) is 48.0 Å². The second kappa shape index (κ2) is 8.48. The zero-order valence-corrected chi connectivity index (χ0v) is 20.3. The normalized spacial score (nSPS) is 20.9. The van der Waals surface area contributed by atoms with Gasteiger partial charge in [-0.05, 0) is 44.9 Å². The predicted octanol–water partition coefficient (Wildman–Crippen LogP) is 5.72. The fourth-order valence-corrected chi connectivity index (χ4v) is 5.34. The zero-order chi connectivity index (χ0) is 25.2. The fourth-order valence-electron chi connectivity index (χ4n) is 4.48. The van der Waals surface area contributed by atoms with E-state index in [2.05, 4.69) is 20.1 Å². The third kappa shape index (κ3) is 4.32. The van der Waals surface area contributed by atoms with Crippen molar-refractivity contribution >= 4 is 27.6 Å². The van der Waals surface area contributed by atoms with Crippen molar-refractivity contribution in [1.29, 1.82) is 0 Å². The molecule has 188 valence electrons. The summed E-state index contributed by atoms with van der Waals surface area (Å²) < 4.78 is 63.0. The van der Waals surface area contributed by atoms with Crippen LogP contribution in [0, 0.1) is 12.7 Å². The molecule has 0 radical (unpaired) electrons. The van der Waals surface area contributed by atoms with Crippen LogP contribution in [0.4, 0.5) is 23.5 Å². The molecule has 1 saturated heterocycles.